The van der Waals surface area contributed by atoms with Crippen molar-refractivity contribution in [3.8, 4) is 5.69 Å². The number of halogens is 2. The Morgan fingerprint density at radius 2 is 1.96 bits per heavy atom. The molecule has 2 aromatic rings. The highest BCUT2D eigenvalue weighted by molar-refractivity contribution is 9.10. The van der Waals surface area contributed by atoms with E-state index in [1.807, 2.05) is 31.2 Å². The van der Waals surface area contributed by atoms with Crippen LogP contribution in [0, 0.1) is 6.92 Å². The Bertz CT molecular complexity index is 665. The van der Waals surface area contributed by atoms with Gasteiger partial charge in [0.2, 0.25) is 0 Å². The lowest BCUT2D eigenvalue weighted by Gasteiger charge is -2.23. The third-order valence-corrected chi connectivity index (χ3v) is 4.53. The molecule has 1 fully saturated rings. The molecule has 1 aliphatic rings. The first kappa shape index (κ1) is 18.0. The molecule has 1 aliphatic heterocycles. The van der Waals surface area contributed by atoms with E-state index in [1.165, 1.54) is 0 Å². The summed E-state index contributed by atoms with van der Waals surface area (Å²) in [5.41, 5.74) is 2.44. The minimum atomic E-state index is -0.0345. The molecule has 7 heteroatoms. The summed E-state index contributed by atoms with van der Waals surface area (Å²) >= 11 is 3.42. The van der Waals surface area contributed by atoms with Gasteiger partial charge in [-0.3, -0.25) is 4.79 Å². The molecule has 1 saturated heterocycles. The third kappa shape index (κ3) is 4.13. The largest absolute Gasteiger partial charge is 0.349 e. The van der Waals surface area contributed by atoms with Gasteiger partial charge >= 0.3 is 0 Å². The fourth-order valence-electron chi connectivity index (χ4n) is 2.70. The Kier molecular flexibility index (Phi) is 6.21. The zero-order chi connectivity index (χ0) is 15.5. The minimum absolute atomic E-state index is 0. The number of aromatic nitrogens is 2. The summed E-state index contributed by atoms with van der Waals surface area (Å²) in [5.74, 6) is -0.0345. The van der Waals surface area contributed by atoms with E-state index in [-0.39, 0.29) is 24.4 Å². The molecule has 0 atom stereocenters. The number of piperidine rings is 1. The average molecular weight is 400 g/mol. The van der Waals surface area contributed by atoms with Gasteiger partial charge in [-0.2, -0.15) is 5.10 Å². The number of nitrogens with zero attached hydrogens (tertiary/aromatic N) is 2. The standard InChI is InChI=1S/C16H19BrN4O.ClH/c1-11-15(16(22)20-13-6-8-18-9-7-13)10-19-21(11)14-4-2-12(17)3-5-14;/h2-5,10,13,18H,6-9H2,1H3,(H,20,22);1H. The van der Waals surface area contributed by atoms with Crippen LogP contribution in [-0.4, -0.2) is 34.8 Å². The molecule has 1 aromatic carbocycles. The third-order valence-electron chi connectivity index (χ3n) is 4.00. The van der Waals surface area contributed by atoms with Crippen LogP contribution in [0.15, 0.2) is 34.9 Å². The summed E-state index contributed by atoms with van der Waals surface area (Å²) in [4.78, 5) is 12.4. The van der Waals surface area contributed by atoms with Gasteiger partial charge < -0.3 is 10.6 Å². The predicted molar refractivity (Wildman–Crippen MR) is 96.6 cm³/mol. The molecule has 23 heavy (non-hydrogen) atoms. The van der Waals surface area contributed by atoms with Gasteiger partial charge in [0, 0.05) is 10.5 Å². The normalized spacial score (nSPS) is 15.0. The summed E-state index contributed by atoms with van der Waals surface area (Å²) in [6.07, 6.45) is 3.60. The molecule has 0 aliphatic carbocycles. The maximum Gasteiger partial charge on any atom is 0.254 e. The summed E-state index contributed by atoms with van der Waals surface area (Å²) in [6, 6.07) is 8.12. The van der Waals surface area contributed by atoms with Gasteiger partial charge in [0.05, 0.1) is 23.1 Å². The second-order valence-corrected chi connectivity index (χ2v) is 6.45. The lowest BCUT2D eigenvalue weighted by Crippen LogP contribution is -2.42. The first-order valence-electron chi connectivity index (χ1n) is 7.47. The number of nitrogens with one attached hydrogen (secondary N) is 2. The fraction of sp³-hybridized carbons (Fsp3) is 0.375. The Morgan fingerprint density at radius 1 is 1.30 bits per heavy atom. The van der Waals surface area contributed by atoms with Crippen molar-refractivity contribution in [2.45, 2.75) is 25.8 Å². The first-order chi connectivity index (χ1) is 10.6. The van der Waals surface area contributed by atoms with E-state index in [0.29, 0.717) is 5.56 Å². The SMILES string of the molecule is Cc1c(C(=O)NC2CCNCC2)cnn1-c1ccc(Br)cc1.Cl. The van der Waals surface area contributed by atoms with Crippen LogP contribution in [0.25, 0.3) is 5.69 Å². The summed E-state index contributed by atoms with van der Waals surface area (Å²) < 4.78 is 2.81. The number of hydrogen-bond acceptors (Lipinski definition) is 3. The van der Waals surface area contributed by atoms with Crippen molar-refractivity contribution in [3.63, 3.8) is 0 Å². The van der Waals surface area contributed by atoms with E-state index in [1.54, 1.807) is 10.9 Å². The molecule has 124 valence electrons. The highest BCUT2D eigenvalue weighted by atomic mass is 79.9. The topological polar surface area (TPSA) is 59.0 Å². The molecule has 5 nitrogen and oxygen atoms in total. The van der Waals surface area contributed by atoms with E-state index in [9.17, 15) is 4.79 Å². The predicted octanol–water partition coefficient (Wildman–Crippen LogP) is 2.85. The highest BCUT2D eigenvalue weighted by Crippen LogP contribution is 2.17. The van der Waals surface area contributed by atoms with Gasteiger partial charge in [0.25, 0.3) is 5.91 Å². The highest BCUT2D eigenvalue weighted by Gasteiger charge is 2.20. The Balaban J connectivity index is 0.00000192. The fourth-order valence-corrected chi connectivity index (χ4v) is 2.97. The molecule has 2 heterocycles. The number of rotatable bonds is 3. The van der Waals surface area contributed by atoms with Crippen molar-refractivity contribution in [1.29, 1.82) is 0 Å². The molecule has 0 radical (unpaired) electrons. The number of carbonyl (C=O) groups is 1. The molecule has 1 aromatic heterocycles. The van der Waals surface area contributed by atoms with Gasteiger partial charge in [-0.25, -0.2) is 4.68 Å². The van der Waals surface area contributed by atoms with Gasteiger partial charge in [0.15, 0.2) is 0 Å². The van der Waals surface area contributed by atoms with Crippen LogP contribution in [0.2, 0.25) is 0 Å². The number of amides is 1. The van der Waals surface area contributed by atoms with Gasteiger partial charge in [-0.15, -0.1) is 12.4 Å². The van der Waals surface area contributed by atoms with Crippen LogP contribution in [0.3, 0.4) is 0 Å². The molecule has 0 bridgehead atoms. The zero-order valence-corrected chi connectivity index (χ0v) is 15.3. The van der Waals surface area contributed by atoms with Crippen molar-refractivity contribution < 1.29 is 4.79 Å². The summed E-state index contributed by atoms with van der Waals surface area (Å²) in [5, 5.41) is 10.8. The maximum absolute atomic E-state index is 12.4. The number of carbonyl (C=O) groups excluding carboxylic acids is 1. The van der Waals surface area contributed by atoms with E-state index in [4.69, 9.17) is 0 Å². The van der Waals surface area contributed by atoms with Crippen LogP contribution in [-0.2, 0) is 0 Å². The monoisotopic (exact) mass is 398 g/mol. The number of hydrogen-bond donors (Lipinski definition) is 2. The van der Waals surface area contributed by atoms with Crippen LogP contribution in [0.4, 0.5) is 0 Å². The van der Waals surface area contributed by atoms with Crippen LogP contribution < -0.4 is 10.6 Å². The van der Waals surface area contributed by atoms with Gasteiger partial charge in [-0.1, -0.05) is 15.9 Å². The minimum Gasteiger partial charge on any atom is -0.349 e. The van der Waals surface area contributed by atoms with E-state index in [0.717, 1.165) is 41.8 Å². The van der Waals surface area contributed by atoms with Crippen molar-refractivity contribution in [2.75, 3.05) is 13.1 Å². The molecular weight excluding hydrogens is 380 g/mol. The molecule has 2 N–H and O–H groups in total. The average Bonchev–Trinajstić information content (AvgIpc) is 2.91. The van der Waals surface area contributed by atoms with Crippen LogP contribution >= 0.6 is 28.3 Å². The number of benzene rings is 1. The van der Waals surface area contributed by atoms with E-state index >= 15 is 0 Å². The quantitative estimate of drug-likeness (QED) is 0.834. The van der Waals surface area contributed by atoms with Gasteiger partial charge in [-0.05, 0) is 57.1 Å². The van der Waals surface area contributed by atoms with Crippen molar-refractivity contribution in [2.24, 2.45) is 0 Å². The van der Waals surface area contributed by atoms with Crippen molar-refractivity contribution in [1.82, 2.24) is 20.4 Å². The second-order valence-electron chi connectivity index (χ2n) is 5.53. The Hall–Kier alpha value is -1.37. The Labute approximate surface area is 150 Å². The lowest BCUT2D eigenvalue weighted by molar-refractivity contribution is 0.0929. The van der Waals surface area contributed by atoms with Crippen LogP contribution in [0.5, 0.6) is 0 Å². The first-order valence-corrected chi connectivity index (χ1v) is 8.26. The Morgan fingerprint density at radius 3 is 2.61 bits per heavy atom. The molecule has 3 rings (SSSR count). The molecule has 0 spiro atoms. The molecule has 0 unspecified atom stereocenters. The zero-order valence-electron chi connectivity index (χ0n) is 12.9. The van der Waals surface area contributed by atoms with E-state index in [2.05, 4.69) is 31.7 Å². The maximum atomic E-state index is 12.4. The van der Waals surface area contributed by atoms with Crippen molar-refractivity contribution in [3.05, 3.63) is 46.2 Å². The van der Waals surface area contributed by atoms with Crippen molar-refractivity contribution >= 4 is 34.2 Å². The van der Waals surface area contributed by atoms with Crippen LogP contribution in [0.1, 0.15) is 28.9 Å². The molecular formula is C16H20BrClN4O. The smallest absolute Gasteiger partial charge is 0.254 e. The van der Waals surface area contributed by atoms with E-state index < -0.39 is 0 Å². The van der Waals surface area contributed by atoms with Gasteiger partial charge in [0.1, 0.15) is 0 Å². The molecule has 0 saturated carbocycles. The molecule has 1 amide bonds. The summed E-state index contributed by atoms with van der Waals surface area (Å²) in [7, 11) is 0. The summed E-state index contributed by atoms with van der Waals surface area (Å²) in [6.45, 7) is 3.84. The second kappa shape index (κ2) is 7.95. The lowest BCUT2D eigenvalue weighted by atomic mass is 10.1.